The Morgan fingerprint density at radius 2 is 2.12 bits per heavy atom. The van der Waals surface area contributed by atoms with Crippen LogP contribution in [0.3, 0.4) is 0 Å². The van der Waals surface area contributed by atoms with Gasteiger partial charge in [-0.1, -0.05) is 19.8 Å². The number of aromatic nitrogens is 1. The maximum Gasteiger partial charge on any atom is 0.150 e. The number of fused-ring (bicyclic) bond motifs is 1. The van der Waals surface area contributed by atoms with E-state index in [4.69, 9.17) is 4.98 Å². The monoisotopic (exact) mass is 346 g/mol. The van der Waals surface area contributed by atoms with Crippen LogP contribution in [-0.4, -0.2) is 19.1 Å². The van der Waals surface area contributed by atoms with Crippen molar-refractivity contribution in [3.05, 3.63) is 34.1 Å². The molecule has 3 rings (SSSR count). The molecule has 4 heteroatoms. The summed E-state index contributed by atoms with van der Waals surface area (Å²) >= 11 is 1.79. The molecule has 0 amide bonds. The zero-order valence-corrected chi connectivity index (χ0v) is 16.0. The fraction of sp³-hybridized carbons (Fsp3) is 0.550. The summed E-state index contributed by atoms with van der Waals surface area (Å²) in [5, 5.41) is 0.991. The van der Waals surface area contributed by atoms with Gasteiger partial charge in [0.25, 0.3) is 0 Å². The number of nitrogens with zero attached hydrogens (tertiary/aromatic N) is 2. The fourth-order valence-electron chi connectivity index (χ4n) is 3.60. The smallest absolute Gasteiger partial charge is 0.150 e. The molecule has 2 nitrogen and oxygen atoms in total. The van der Waals surface area contributed by atoms with Gasteiger partial charge in [-0.2, -0.15) is 0 Å². The molecule has 1 aliphatic carbocycles. The Morgan fingerprint density at radius 1 is 1.33 bits per heavy atom. The normalized spacial score (nSPS) is 17.0. The van der Waals surface area contributed by atoms with E-state index in [9.17, 15) is 4.39 Å². The molecule has 0 radical (unpaired) electrons. The Kier molecular flexibility index (Phi) is 5.24. The van der Waals surface area contributed by atoms with Gasteiger partial charge in [0.1, 0.15) is 10.8 Å². The van der Waals surface area contributed by atoms with Gasteiger partial charge in [-0.3, -0.25) is 0 Å². The van der Waals surface area contributed by atoms with E-state index < -0.39 is 0 Å². The Hall–Kier alpha value is -1.42. The molecule has 1 unspecified atom stereocenters. The van der Waals surface area contributed by atoms with E-state index >= 15 is 0 Å². The lowest BCUT2D eigenvalue weighted by Gasteiger charge is -2.20. The van der Waals surface area contributed by atoms with Crippen LogP contribution in [-0.2, 0) is 6.42 Å². The van der Waals surface area contributed by atoms with Gasteiger partial charge in [-0.15, -0.1) is 11.3 Å². The average Bonchev–Trinajstić information content (AvgIpc) is 2.99. The lowest BCUT2D eigenvalue weighted by atomic mass is 9.88. The van der Waals surface area contributed by atoms with Crippen LogP contribution in [0.1, 0.15) is 61.1 Å². The molecule has 1 aliphatic rings. The van der Waals surface area contributed by atoms with Crippen LogP contribution >= 0.6 is 11.3 Å². The minimum atomic E-state index is -0.131. The van der Waals surface area contributed by atoms with Gasteiger partial charge in [0.15, 0.2) is 0 Å². The van der Waals surface area contributed by atoms with E-state index in [0.717, 1.165) is 17.0 Å². The number of hydrogen-bond acceptors (Lipinski definition) is 3. The van der Waals surface area contributed by atoms with Crippen molar-refractivity contribution < 1.29 is 4.39 Å². The Bertz CT molecular complexity index is 721. The van der Waals surface area contributed by atoms with E-state index in [1.165, 1.54) is 42.7 Å². The number of aryl methyl sites for hydroxylation is 1. The summed E-state index contributed by atoms with van der Waals surface area (Å²) in [5.41, 5.74) is 3.56. The van der Waals surface area contributed by atoms with E-state index in [-0.39, 0.29) is 5.82 Å². The summed E-state index contributed by atoms with van der Waals surface area (Å²) in [5.74, 6) is 0.527. The van der Waals surface area contributed by atoms with Crippen molar-refractivity contribution in [1.29, 1.82) is 0 Å². The molecular weight excluding hydrogens is 319 g/mol. The first-order valence-electron chi connectivity index (χ1n) is 8.99. The predicted molar refractivity (Wildman–Crippen MR) is 102 cm³/mol. The molecule has 0 fully saturated rings. The molecule has 0 saturated carbocycles. The summed E-state index contributed by atoms with van der Waals surface area (Å²) in [6.45, 7) is 4.12. The molecule has 0 spiro atoms. The number of benzene rings is 1. The van der Waals surface area contributed by atoms with Gasteiger partial charge < -0.3 is 4.90 Å². The minimum Gasteiger partial charge on any atom is -0.375 e. The molecule has 1 aromatic carbocycles. The van der Waals surface area contributed by atoms with E-state index in [0.29, 0.717) is 17.2 Å². The van der Waals surface area contributed by atoms with Crippen molar-refractivity contribution in [1.82, 2.24) is 4.98 Å². The predicted octanol–water partition coefficient (Wildman–Crippen LogP) is 5.93. The molecule has 130 valence electrons. The summed E-state index contributed by atoms with van der Waals surface area (Å²) in [4.78, 5) is 8.17. The van der Waals surface area contributed by atoms with Crippen LogP contribution in [0.15, 0.2) is 12.1 Å². The van der Waals surface area contributed by atoms with E-state index in [2.05, 4.69) is 6.92 Å². The highest BCUT2D eigenvalue weighted by Crippen LogP contribution is 2.42. The molecule has 2 aromatic rings. The number of halogens is 1. The summed E-state index contributed by atoms with van der Waals surface area (Å²) in [7, 11) is 3.75. The lowest BCUT2D eigenvalue weighted by Crippen LogP contribution is -2.11. The Labute approximate surface area is 148 Å². The molecular formula is C20H27FN2S. The SMILES string of the molecule is CCCCC1CCCc2nc(-c3ccc(N(C)C)c(F)c3C)sc21. The zero-order chi connectivity index (χ0) is 17.3. The van der Waals surface area contributed by atoms with Gasteiger partial charge in [0.2, 0.25) is 0 Å². The van der Waals surface area contributed by atoms with Crippen molar-refractivity contribution in [2.75, 3.05) is 19.0 Å². The topological polar surface area (TPSA) is 16.1 Å². The van der Waals surface area contributed by atoms with Crippen LogP contribution in [0, 0.1) is 12.7 Å². The van der Waals surface area contributed by atoms with Crippen molar-refractivity contribution in [3.63, 3.8) is 0 Å². The third kappa shape index (κ3) is 3.21. The summed E-state index contributed by atoms with van der Waals surface area (Å²) < 4.78 is 14.7. The van der Waals surface area contributed by atoms with Crippen LogP contribution in [0.5, 0.6) is 0 Å². The molecule has 1 aromatic heterocycles. The molecule has 1 heterocycles. The maximum absolute atomic E-state index is 14.7. The lowest BCUT2D eigenvalue weighted by molar-refractivity contribution is 0.505. The number of hydrogen-bond donors (Lipinski definition) is 0. The van der Waals surface area contributed by atoms with E-state index in [1.54, 1.807) is 11.3 Å². The number of thiazole rings is 1. The highest BCUT2D eigenvalue weighted by atomic mass is 32.1. The number of rotatable bonds is 5. The minimum absolute atomic E-state index is 0.131. The first kappa shape index (κ1) is 17.4. The molecule has 1 atom stereocenters. The standard InChI is InChI=1S/C20H27FN2S/c1-5-6-8-14-9-7-10-16-19(14)24-20(22-16)15-11-12-17(23(3)4)18(21)13(15)2/h11-12,14H,5-10H2,1-4H3. The molecule has 0 aliphatic heterocycles. The van der Waals surface area contributed by atoms with Crippen LogP contribution in [0.2, 0.25) is 0 Å². The first-order chi connectivity index (χ1) is 11.5. The highest BCUT2D eigenvalue weighted by Gasteiger charge is 2.25. The highest BCUT2D eigenvalue weighted by molar-refractivity contribution is 7.15. The molecule has 24 heavy (non-hydrogen) atoms. The first-order valence-corrected chi connectivity index (χ1v) is 9.81. The van der Waals surface area contributed by atoms with Crippen LogP contribution in [0.4, 0.5) is 10.1 Å². The second-order valence-electron chi connectivity index (χ2n) is 7.03. The second kappa shape index (κ2) is 7.22. The van der Waals surface area contributed by atoms with Gasteiger partial charge >= 0.3 is 0 Å². The zero-order valence-electron chi connectivity index (χ0n) is 15.2. The summed E-state index contributed by atoms with van der Waals surface area (Å²) in [6.07, 6.45) is 7.37. The number of anilines is 1. The third-order valence-electron chi connectivity index (χ3n) is 5.05. The van der Waals surface area contributed by atoms with Gasteiger partial charge in [0.05, 0.1) is 11.4 Å². The van der Waals surface area contributed by atoms with Gasteiger partial charge in [0, 0.05) is 24.5 Å². The molecule has 0 N–H and O–H groups in total. The fourth-order valence-corrected chi connectivity index (χ4v) is 4.96. The van der Waals surface area contributed by atoms with Crippen LogP contribution in [0.25, 0.3) is 10.6 Å². The quantitative estimate of drug-likeness (QED) is 0.666. The Balaban J connectivity index is 1.97. The van der Waals surface area contributed by atoms with Crippen LogP contribution < -0.4 is 4.90 Å². The van der Waals surface area contributed by atoms with Crippen molar-refractivity contribution in [2.45, 2.75) is 58.3 Å². The second-order valence-corrected chi connectivity index (χ2v) is 8.06. The molecule has 0 bridgehead atoms. The Morgan fingerprint density at radius 3 is 2.83 bits per heavy atom. The summed E-state index contributed by atoms with van der Waals surface area (Å²) in [6, 6.07) is 3.89. The van der Waals surface area contributed by atoms with Crippen molar-refractivity contribution in [2.24, 2.45) is 0 Å². The largest absolute Gasteiger partial charge is 0.375 e. The average molecular weight is 347 g/mol. The maximum atomic E-state index is 14.7. The van der Waals surface area contributed by atoms with E-state index in [1.807, 2.05) is 38.1 Å². The molecule has 0 saturated heterocycles. The third-order valence-corrected chi connectivity index (χ3v) is 6.34. The van der Waals surface area contributed by atoms with Crippen molar-refractivity contribution >= 4 is 17.0 Å². The number of unbranched alkanes of at least 4 members (excludes halogenated alkanes) is 1. The van der Waals surface area contributed by atoms with Crippen molar-refractivity contribution in [3.8, 4) is 10.6 Å². The van der Waals surface area contributed by atoms with Gasteiger partial charge in [-0.25, -0.2) is 9.37 Å². The van der Waals surface area contributed by atoms with Gasteiger partial charge in [-0.05, 0) is 56.2 Å².